The van der Waals surface area contributed by atoms with Crippen LogP contribution >= 0.6 is 0 Å². The Bertz CT molecular complexity index is 1260. The summed E-state index contributed by atoms with van der Waals surface area (Å²) in [4.78, 5) is 38.4. The van der Waals surface area contributed by atoms with Crippen molar-refractivity contribution in [1.29, 1.82) is 0 Å². The normalized spacial score (nSPS) is 12.0. The molecule has 0 aromatic rings. The summed E-state index contributed by atoms with van der Waals surface area (Å²) in [7, 11) is 0. The summed E-state index contributed by atoms with van der Waals surface area (Å²) >= 11 is 0. The molecule has 0 amide bonds. The first-order valence-electron chi connectivity index (χ1n) is 37.2. The highest BCUT2D eigenvalue weighted by Crippen LogP contribution is 2.19. The van der Waals surface area contributed by atoms with Crippen LogP contribution in [-0.2, 0) is 28.6 Å². The van der Waals surface area contributed by atoms with Crippen molar-refractivity contribution >= 4 is 17.9 Å². The van der Waals surface area contributed by atoms with Gasteiger partial charge in [0.1, 0.15) is 13.2 Å². The molecule has 0 spiro atoms. The van der Waals surface area contributed by atoms with Gasteiger partial charge in [0.2, 0.25) is 0 Å². The number of ether oxygens (including phenoxy) is 3. The summed E-state index contributed by atoms with van der Waals surface area (Å²) < 4.78 is 17.0. The molecule has 0 aromatic carbocycles. The van der Waals surface area contributed by atoms with E-state index in [-0.39, 0.29) is 31.1 Å². The van der Waals surface area contributed by atoms with E-state index in [1.807, 2.05) is 0 Å². The molecule has 0 bridgehead atoms. The van der Waals surface area contributed by atoms with Gasteiger partial charge in [0.05, 0.1) is 0 Å². The molecule has 480 valence electrons. The van der Waals surface area contributed by atoms with Gasteiger partial charge in [0.15, 0.2) is 6.10 Å². The lowest BCUT2D eigenvalue weighted by atomic mass is 10.0. The van der Waals surface area contributed by atoms with Crippen LogP contribution in [0.3, 0.4) is 0 Å². The van der Waals surface area contributed by atoms with Gasteiger partial charge < -0.3 is 14.2 Å². The minimum Gasteiger partial charge on any atom is -0.462 e. The van der Waals surface area contributed by atoms with Gasteiger partial charge in [0.25, 0.3) is 0 Å². The maximum absolute atomic E-state index is 12.9. The quantitative estimate of drug-likeness (QED) is 0.0261. The van der Waals surface area contributed by atoms with Gasteiger partial charge in [0, 0.05) is 19.3 Å². The second kappa shape index (κ2) is 70.6. The Morgan fingerprint density at radius 3 is 0.617 bits per heavy atom. The van der Waals surface area contributed by atoms with E-state index in [4.69, 9.17) is 14.2 Å². The lowest BCUT2D eigenvalue weighted by Gasteiger charge is -2.18. The van der Waals surface area contributed by atoms with Gasteiger partial charge in [-0.25, -0.2) is 0 Å². The Balaban J connectivity index is 4.08. The van der Waals surface area contributed by atoms with Crippen LogP contribution in [0.5, 0.6) is 0 Å². The van der Waals surface area contributed by atoms with Crippen molar-refractivity contribution in [2.75, 3.05) is 13.2 Å². The van der Waals surface area contributed by atoms with Gasteiger partial charge in [-0.1, -0.05) is 380 Å². The second-order valence-electron chi connectivity index (χ2n) is 25.6. The van der Waals surface area contributed by atoms with Crippen LogP contribution in [0.4, 0.5) is 0 Å². The van der Waals surface area contributed by atoms with E-state index in [9.17, 15) is 14.4 Å². The van der Waals surface area contributed by atoms with Crippen LogP contribution < -0.4 is 0 Å². The van der Waals surface area contributed by atoms with Gasteiger partial charge in [-0.15, -0.1) is 0 Å². The number of rotatable bonds is 70. The number of hydrogen-bond donors (Lipinski definition) is 0. The Morgan fingerprint density at radius 2 is 0.407 bits per heavy atom. The first-order chi connectivity index (χ1) is 40.0. The molecule has 0 saturated carbocycles. The Hall–Kier alpha value is -1.85. The molecule has 0 fully saturated rings. The van der Waals surface area contributed by atoms with Crippen LogP contribution in [-0.4, -0.2) is 37.2 Å². The van der Waals surface area contributed by atoms with E-state index >= 15 is 0 Å². The number of unbranched alkanes of at least 4 members (excludes halogenated alkanes) is 57. The zero-order valence-corrected chi connectivity index (χ0v) is 55.4. The number of hydrogen-bond acceptors (Lipinski definition) is 6. The molecule has 0 N–H and O–H groups in total. The third-order valence-corrected chi connectivity index (χ3v) is 17.3. The van der Waals surface area contributed by atoms with E-state index in [1.165, 1.54) is 334 Å². The third-order valence-electron chi connectivity index (χ3n) is 17.3. The van der Waals surface area contributed by atoms with E-state index in [2.05, 4.69) is 32.9 Å². The van der Waals surface area contributed by atoms with Gasteiger partial charge in [-0.2, -0.15) is 0 Å². The monoisotopic (exact) mass is 1140 g/mol. The number of allylic oxidation sites excluding steroid dienone is 2. The van der Waals surface area contributed by atoms with Crippen molar-refractivity contribution in [2.45, 2.75) is 438 Å². The summed E-state index contributed by atoms with van der Waals surface area (Å²) in [5.74, 6) is -0.823. The largest absolute Gasteiger partial charge is 0.462 e. The molecular weight excluding hydrogens is 997 g/mol. The third kappa shape index (κ3) is 68.8. The Labute approximate surface area is 507 Å². The molecule has 0 aliphatic heterocycles. The highest BCUT2D eigenvalue weighted by Gasteiger charge is 2.20. The van der Waals surface area contributed by atoms with Crippen molar-refractivity contribution in [2.24, 2.45) is 0 Å². The molecule has 0 radical (unpaired) electrons. The average molecular weight is 1140 g/mol. The molecule has 0 rings (SSSR count). The molecule has 81 heavy (non-hydrogen) atoms. The van der Waals surface area contributed by atoms with Crippen LogP contribution in [0.15, 0.2) is 12.2 Å². The summed E-state index contributed by atoms with van der Waals surface area (Å²) in [6, 6.07) is 0. The fraction of sp³-hybridized carbons (Fsp3) is 0.933. The molecule has 6 heteroatoms. The minimum atomic E-state index is -0.764. The summed E-state index contributed by atoms with van der Waals surface area (Å²) in [5, 5.41) is 0. The first-order valence-corrected chi connectivity index (χ1v) is 37.2. The molecule has 0 aliphatic carbocycles. The van der Waals surface area contributed by atoms with Crippen molar-refractivity contribution in [3.63, 3.8) is 0 Å². The summed E-state index contributed by atoms with van der Waals surface area (Å²) in [6.45, 7) is 6.73. The lowest BCUT2D eigenvalue weighted by molar-refractivity contribution is -0.167. The SMILES string of the molecule is CCCCCCCCCC/C=C\CCCCCCCCCCCCCCCCCCCCCCCC(=O)OCC(COC(=O)CCCCCCCCCCCCCCCCC)OC(=O)CCCCCCCCCCCCCCCCC. The maximum atomic E-state index is 12.9. The van der Waals surface area contributed by atoms with Crippen molar-refractivity contribution in [3.8, 4) is 0 Å². The highest BCUT2D eigenvalue weighted by molar-refractivity contribution is 5.71. The van der Waals surface area contributed by atoms with E-state index in [0.29, 0.717) is 19.3 Å². The molecule has 1 atom stereocenters. The van der Waals surface area contributed by atoms with E-state index < -0.39 is 6.10 Å². The molecule has 0 saturated heterocycles. The number of esters is 3. The highest BCUT2D eigenvalue weighted by atomic mass is 16.6. The lowest BCUT2D eigenvalue weighted by Crippen LogP contribution is -2.30. The van der Waals surface area contributed by atoms with Gasteiger partial charge >= 0.3 is 17.9 Å². The van der Waals surface area contributed by atoms with Crippen LogP contribution in [0.1, 0.15) is 432 Å². The van der Waals surface area contributed by atoms with Crippen molar-refractivity contribution in [3.05, 3.63) is 12.2 Å². The van der Waals surface area contributed by atoms with Crippen LogP contribution in [0.2, 0.25) is 0 Å². The predicted molar refractivity (Wildman–Crippen MR) is 353 cm³/mol. The van der Waals surface area contributed by atoms with Crippen molar-refractivity contribution < 1.29 is 28.6 Å². The smallest absolute Gasteiger partial charge is 0.306 e. The van der Waals surface area contributed by atoms with Gasteiger partial charge in [-0.05, 0) is 44.9 Å². The summed E-state index contributed by atoms with van der Waals surface area (Å²) in [6.07, 6.45) is 85.5. The first kappa shape index (κ1) is 79.2. The van der Waals surface area contributed by atoms with Gasteiger partial charge in [-0.3, -0.25) is 14.4 Å². The summed E-state index contributed by atoms with van der Waals surface area (Å²) in [5.41, 5.74) is 0. The van der Waals surface area contributed by atoms with Crippen LogP contribution in [0, 0.1) is 0 Å². The minimum absolute atomic E-state index is 0.0615. The average Bonchev–Trinajstić information content (AvgIpc) is 3.47. The van der Waals surface area contributed by atoms with Crippen LogP contribution in [0.25, 0.3) is 0 Å². The van der Waals surface area contributed by atoms with Crippen molar-refractivity contribution in [1.82, 2.24) is 0 Å². The zero-order valence-electron chi connectivity index (χ0n) is 55.4. The molecule has 0 aliphatic rings. The molecule has 0 aromatic heterocycles. The predicted octanol–water partition coefficient (Wildman–Crippen LogP) is 25.6. The molecular formula is C75H144O6. The zero-order chi connectivity index (χ0) is 58.5. The van der Waals surface area contributed by atoms with E-state index in [0.717, 1.165) is 57.8 Å². The Kier molecular flexibility index (Phi) is 69.0. The topological polar surface area (TPSA) is 78.9 Å². The van der Waals surface area contributed by atoms with E-state index in [1.54, 1.807) is 0 Å². The molecule has 1 unspecified atom stereocenters. The standard InChI is InChI=1S/C75H144O6/c1-4-7-10-13-16-19-22-25-28-29-30-31-32-33-34-35-36-37-38-39-40-41-42-43-44-45-48-50-53-56-59-62-65-68-74(77)80-71-72(81-75(78)69-66-63-60-57-54-51-47-27-24-21-18-15-12-9-6-3)70-79-73(76)67-64-61-58-55-52-49-46-26-23-20-17-14-11-8-5-2/h29-30,72H,4-28,31-71H2,1-3H3/b30-29-. The number of carbonyl (C=O) groups excluding carboxylic acids is 3. The Morgan fingerprint density at radius 1 is 0.235 bits per heavy atom. The fourth-order valence-corrected chi connectivity index (χ4v) is 11.7. The molecule has 6 nitrogen and oxygen atoms in total. The second-order valence-corrected chi connectivity index (χ2v) is 25.6. The number of carbonyl (C=O) groups is 3. The fourth-order valence-electron chi connectivity index (χ4n) is 11.7. The maximum Gasteiger partial charge on any atom is 0.306 e. The molecule has 0 heterocycles.